The van der Waals surface area contributed by atoms with Crippen LogP contribution in [0.5, 0.6) is 0 Å². The van der Waals surface area contributed by atoms with Crippen molar-refractivity contribution in [2.24, 2.45) is 0 Å². The molecule has 24 heavy (non-hydrogen) atoms. The Kier molecular flexibility index (Phi) is 5.08. The number of carbonyl (C=O) groups excluding carboxylic acids is 1. The molecule has 2 aromatic heterocycles. The second-order valence-electron chi connectivity index (χ2n) is 6.12. The Morgan fingerprint density at radius 3 is 3.12 bits per heavy atom. The summed E-state index contributed by atoms with van der Waals surface area (Å²) in [6.45, 7) is 5.45. The summed E-state index contributed by atoms with van der Waals surface area (Å²) in [7, 11) is 0. The van der Waals surface area contributed by atoms with E-state index in [2.05, 4.69) is 25.3 Å². The molecule has 0 unspecified atom stereocenters. The highest BCUT2D eigenvalue weighted by Gasteiger charge is 2.25. The molecule has 0 radical (unpaired) electrons. The maximum absolute atomic E-state index is 11.9. The standard InChI is InChI=1S/C17H23N5O2/c1-3-6-15(23)20-13-7-5-10-22(11-13)16-14(8-4-9-18-16)17-19-12(2)21-24-17/h4,8-9,13H,3,5-7,10-11H2,1-2H3,(H,20,23)/t13-/m0/s1. The van der Waals surface area contributed by atoms with Gasteiger partial charge in [-0.2, -0.15) is 4.98 Å². The topological polar surface area (TPSA) is 84.2 Å². The summed E-state index contributed by atoms with van der Waals surface area (Å²) in [6, 6.07) is 3.95. The Morgan fingerprint density at radius 2 is 2.38 bits per heavy atom. The molecular weight excluding hydrogens is 306 g/mol. The lowest BCUT2D eigenvalue weighted by molar-refractivity contribution is -0.121. The van der Waals surface area contributed by atoms with Gasteiger partial charge in [0.1, 0.15) is 5.82 Å². The van der Waals surface area contributed by atoms with Crippen LogP contribution in [0.25, 0.3) is 11.5 Å². The maximum Gasteiger partial charge on any atom is 0.261 e. The Hall–Kier alpha value is -2.44. The third-order valence-corrected chi connectivity index (χ3v) is 4.11. The quantitative estimate of drug-likeness (QED) is 0.906. The maximum atomic E-state index is 11.9. The zero-order valence-electron chi connectivity index (χ0n) is 14.2. The summed E-state index contributed by atoms with van der Waals surface area (Å²) in [5.74, 6) is 2.03. The molecule has 1 aliphatic rings. The van der Waals surface area contributed by atoms with E-state index in [0.717, 1.165) is 43.7 Å². The van der Waals surface area contributed by atoms with E-state index < -0.39 is 0 Å². The van der Waals surface area contributed by atoms with Crippen LogP contribution in [0.4, 0.5) is 5.82 Å². The largest absolute Gasteiger partial charge is 0.354 e. The fourth-order valence-corrected chi connectivity index (χ4v) is 3.04. The molecule has 0 spiro atoms. The first-order valence-electron chi connectivity index (χ1n) is 8.47. The molecule has 1 atom stereocenters. The van der Waals surface area contributed by atoms with Crippen molar-refractivity contribution in [3.05, 3.63) is 24.2 Å². The van der Waals surface area contributed by atoms with E-state index in [4.69, 9.17) is 4.52 Å². The second-order valence-corrected chi connectivity index (χ2v) is 6.12. The highest BCUT2D eigenvalue weighted by molar-refractivity contribution is 5.76. The second kappa shape index (κ2) is 7.42. The minimum Gasteiger partial charge on any atom is -0.354 e. The van der Waals surface area contributed by atoms with Gasteiger partial charge in [0.2, 0.25) is 5.91 Å². The molecule has 1 fully saturated rings. The van der Waals surface area contributed by atoms with E-state index in [1.165, 1.54) is 0 Å². The minimum atomic E-state index is 0.123. The van der Waals surface area contributed by atoms with Crippen LogP contribution in [-0.2, 0) is 4.79 Å². The van der Waals surface area contributed by atoms with Gasteiger partial charge in [-0.05, 0) is 38.3 Å². The molecule has 2 aromatic rings. The number of nitrogens with one attached hydrogen (secondary N) is 1. The molecule has 7 heteroatoms. The van der Waals surface area contributed by atoms with Gasteiger partial charge in [-0.1, -0.05) is 12.1 Å². The monoisotopic (exact) mass is 329 g/mol. The van der Waals surface area contributed by atoms with E-state index >= 15 is 0 Å². The SMILES string of the molecule is CCCC(=O)N[C@H]1CCCN(c2ncccc2-c2nc(C)no2)C1. The van der Waals surface area contributed by atoms with Gasteiger partial charge >= 0.3 is 0 Å². The van der Waals surface area contributed by atoms with Crippen LogP contribution in [0, 0.1) is 6.92 Å². The number of anilines is 1. The number of hydrogen-bond acceptors (Lipinski definition) is 6. The van der Waals surface area contributed by atoms with E-state index in [9.17, 15) is 4.79 Å². The summed E-state index contributed by atoms with van der Waals surface area (Å²) >= 11 is 0. The van der Waals surface area contributed by atoms with Crippen molar-refractivity contribution in [1.82, 2.24) is 20.4 Å². The number of nitrogens with zero attached hydrogens (tertiary/aromatic N) is 4. The van der Waals surface area contributed by atoms with Crippen LogP contribution < -0.4 is 10.2 Å². The van der Waals surface area contributed by atoms with Crippen LogP contribution in [0.15, 0.2) is 22.9 Å². The summed E-state index contributed by atoms with van der Waals surface area (Å²) in [5, 5.41) is 6.99. The zero-order valence-corrected chi connectivity index (χ0v) is 14.2. The molecular formula is C17H23N5O2. The Bertz CT molecular complexity index is 700. The molecule has 1 N–H and O–H groups in total. The Labute approximate surface area is 141 Å². The van der Waals surface area contributed by atoms with Gasteiger partial charge in [0.25, 0.3) is 5.89 Å². The molecule has 0 aliphatic carbocycles. The fraction of sp³-hybridized carbons (Fsp3) is 0.529. The van der Waals surface area contributed by atoms with Gasteiger partial charge in [0, 0.05) is 31.7 Å². The van der Waals surface area contributed by atoms with Crippen LogP contribution in [-0.4, -0.2) is 40.2 Å². The van der Waals surface area contributed by atoms with Gasteiger partial charge in [0.15, 0.2) is 5.82 Å². The molecule has 128 valence electrons. The van der Waals surface area contributed by atoms with Crippen molar-refractivity contribution in [3.8, 4) is 11.5 Å². The predicted octanol–water partition coefficient (Wildman–Crippen LogP) is 2.33. The average Bonchev–Trinajstić information content (AvgIpc) is 3.02. The number of piperidine rings is 1. The summed E-state index contributed by atoms with van der Waals surface area (Å²) in [5.41, 5.74) is 0.832. The normalized spacial score (nSPS) is 17.8. The lowest BCUT2D eigenvalue weighted by atomic mass is 10.0. The number of pyridine rings is 1. The van der Waals surface area contributed by atoms with E-state index in [0.29, 0.717) is 18.1 Å². The zero-order chi connectivity index (χ0) is 16.9. The predicted molar refractivity (Wildman–Crippen MR) is 90.6 cm³/mol. The molecule has 3 rings (SSSR count). The molecule has 1 amide bonds. The number of aromatic nitrogens is 3. The highest BCUT2D eigenvalue weighted by Crippen LogP contribution is 2.29. The first-order valence-corrected chi connectivity index (χ1v) is 8.47. The number of amides is 1. The molecule has 1 saturated heterocycles. The lowest BCUT2D eigenvalue weighted by Crippen LogP contribution is -2.48. The van der Waals surface area contributed by atoms with Crippen molar-refractivity contribution in [3.63, 3.8) is 0 Å². The minimum absolute atomic E-state index is 0.123. The lowest BCUT2D eigenvalue weighted by Gasteiger charge is -2.34. The third kappa shape index (κ3) is 3.72. The molecule has 0 aromatic carbocycles. The third-order valence-electron chi connectivity index (χ3n) is 4.11. The molecule has 1 aliphatic heterocycles. The van der Waals surface area contributed by atoms with Gasteiger partial charge in [0.05, 0.1) is 5.56 Å². The van der Waals surface area contributed by atoms with Gasteiger partial charge in [-0.25, -0.2) is 4.98 Å². The molecule has 0 saturated carbocycles. The number of aryl methyl sites for hydroxylation is 1. The number of rotatable bonds is 5. The van der Waals surface area contributed by atoms with Gasteiger partial charge in [-0.15, -0.1) is 0 Å². The van der Waals surface area contributed by atoms with Crippen LogP contribution in [0.1, 0.15) is 38.4 Å². The summed E-state index contributed by atoms with van der Waals surface area (Å²) in [4.78, 5) is 22.9. The Morgan fingerprint density at radius 1 is 1.50 bits per heavy atom. The molecule has 7 nitrogen and oxygen atoms in total. The van der Waals surface area contributed by atoms with Crippen molar-refractivity contribution >= 4 is 11.7 Å². The fourth-order valence-electron chi connectivity index (χ4n) is 3.04. The van der Waals surface area contributed by atoms with Crippen molar-refractivity contribution < 1.29 is 9.32 Å². The van der Waals surface area contributed by atoms with E-state index in [-0.39, 0.29) is 11.9 Å². The van der Waals surface area contributed by atoms with Gasteiger partial charge < -0.3 is 14.7 Å². The smallest absolute Gasteiger partial charge is 0.261 e. The highest BCUT2D eigenvalue weighted by atomic mass is 16.5. The first kappa shape index (κ1) is 16.4. The van der Waals surface area contributed by atoms with E-state index in [1.54, 1.807) is 13.1 Å². The van der Waals surface area contributed by atoms with E-state index in [1.807, 2.05) is 19.1 Å². The van der Waals surface area contributed by atoms with Crippen molar-refractivity contribution in [2.75, 3.05) is 18.0 Å². The van der Waals surface area contributed by atoms with Crippen LogP contribution >= 0.6 is 0 Å². The summed E-state index contributed by atoms with van der Waals surface area (Å²) < 4.78 is 5.31. The molecule has 3 heterocycles. The Balaban J connectivity index is 1.78. The number of hydrogen-bond donors (Lipinski definition) is 1. The van der Waals surface area contributed by atoms with Crippen molar-refractivity contribution in [2.45, 2.75) is 45.6 Å². The van der Waals surface area contributed by atoms with Crippen LogP contribution in [0.3, 0.4) is 0 Å². The molecule has 0 bridgehead atoms. The number of carbonyl (C=O) groups is 1. The summed E-state index contributed by atoms with van der Waals surface area (Å²) in [6.07, 6.45) is 5.21. The van der Waals surface area contributed by atoms with Crippen molar-refractivity contribution in [1.29, 1.82) is 0 Å². The first-order chi connectivity index (χ1) is 11.7. The van der Waals surface area contributed by atoms with Gasteiger partial charge in [-0.3, -0.25) is 4.79 Å². The van der Waals surface area contributed by atoms with Crippen LogP contribution in [0.2, 0.25) is 0 Å². The average molecular weight is 329 g/mol.